The van der Waals surface area contributed by atoms with E-state index in [4.69, 9.17) is 4.74 Å². The van der Waals surface area contributed by atoms with Gasteiger partial charge in [0.15, 0.2) is 0 Å². The molecular formula is C18H18FN5O3. The summed E-state index contributed by atoms with van der Waals surface area (Å²) in [5, 5.41) is 7.57. The van der Waals surface area contributed by atoms with Gasteiger partial charge in [0, 0.05) is 24.8 Å². The molecule has 8 nitrogen and oxygen atoms in total. The van der Waals surface area contributed by atoms with Crippen LogP contribution < -0.4 is 4.90 Å². The molecule has 1 aromatic heterocycles. The number of benzene rings is 1. The van der Waals surface area contributed by atoms with Gasteiger partial charge in [-0.05, 0) is 30.2 Å². The van der Waals surface area contributed by atoms with Crippen LogP contribution >= 0.6 is 0 Å². The van der Waals surface area contributed by atoms with E-state index in [2.05, 4.69) is 10.3 Å². The molecule has 1 atom stereocenters. The molecule has 2 amide bonds. The number of halogens is 1. The van der Waals surface area contributed by atoms with Crippen molar-refractivity contribution < 1.29 is 18.7 Å². The first kappa shape index (κ1) is 17.2. The fourth-order valence-electron chi connectivity index (χ4n) is 3.32. The number of hydrogen-bond donors (Lipinski definition) is 0. The van der Waals surface area contributed by atoms with Crippen LogP contribution in [0.4, 0.5) is 14.9 Å². The zero-order valence-corrected chi connectivity index (χ0v) is 14.5. The van der Waals surface area contributed by atoms with Gasteiger partial charge in [0.2, 0.25) is 6.41 Å². The molecule has 3 heterocycles. The topological polar surface area (TPSA) is 80.6 Å². The fraction of sp³-hybridized carbons (Fsp3) is 0.333. The van der Waals surface area contributed by atoms with Gasteiger partial charge in [0.25, 0.3) is 0 Å². The second-order valence-electron chi connectivity index (χ2n) is 6.49. The number of cyclic esters (lactones) is 1. The number of aromatic nitrogens is 3. The van der Waals surface area contributed by atoms with Gasteiger partial charge >= 0.3 is 6.09 Å². The summed E-state index contributed by atoms with van der Waals surface area (Å²) < 4.78 is 21.6. The van der Waals surface area contributed by atoms with E-state index in [1.54, 1.807) is 34.1 Å². The monoisotopic (exact) mass is 371 g/mol. The maximum Gasteiger partial charge on any atom is 0.414 e. The Labute approximate surface area is 154 Å². The molecule has 0 radical (unpaired) electrons. The lowest BCUT2D eigenvalue weighted by molar-refractivity contribution is -0.117. The molecule has 0 spiro atoms. The van der Waals surface area contributed by atoms with Gasteiger partial charge in [-0.3, -0.25) is 9.69 Å². The lowest BCUT2D eigenvalue weighted by atomic mass is 9.98. The van der Waals surface area contributed by atoms with Gasteiger partial charge in [-0.1, -0.05) is 11.3 Å². The molecule has 1 fully saturated rings. The molecule has 1 saturated heterocycles. The average molecular weight is 371 g/mol. The minimum absolute atomic E-state index is 0.314. The zero-order chi connectivity index (χ0) is 18.8. The van der Waals surface area contributed by atoms with Crippen molar-refractivity contribution in [2.45, 2.75) is 19.1 Å². The van der Waals surface area contributed by atoms with E-state index in [1.165, 1.54) is 11.0 Å². The van der Waals surface area contributed by atoms with E-state index in [9.17, 15) is 14.0 Å². The molecule has 0 N–H and O–H groups in total. The first-order valence-corrected chi connectivity index (χ1v) is 8.64. The van der Waals surface area contributed by atoms with Gasteiger partial charge in [-0.25, -0.2) is 13.9 Å². The summed E-state index contributed by atoms with van der Waals surface area (Å²) >= 11 is 0. The summed E-state index contributed by atoms with van der Waals surface area (Å²) in [6.07, 6.45) is 5.60. The summed E-state index contributed by atoms with van der Waals surface area (Å²) in [5.41, 5.74) is 1.81. The molecule has 0 aliphatic carbocycles. The van der Waals surface area contributed by atoms with E-state index in [-0.39, 0.29) is 6.10 Å². The van der Waals surface area contributed by atoms with Crippen LogP contribution in [-0.4, -0.2) is 58.1 Å². The largest absolute Gasteiger partial charge is 0.442 e. The standard InChI is InChI=1S/C18H18FN5O3/c19-17-9-14(1-2-16(17)13-3-6-22(12-25)7-4-13)24-11-15(27-18(24)26)10-23-8-5-20-21-23/h1-3,5,8-9,12,15H,4,6-7,10-11H2/t15-/m0/s1. The summed E-state index contributed by atoms with van der Waals surface area (Å²) in [6, 6.07) is 4.73. The molecular weight excluding hydrogens is 353 g/mol. The highest BCUT2D eigenvalue weighted by Gasteiger charge is 2.33. The van der Waals surface area contributed by atoms with Crippen molar-refractivity contribution in [3.63, 3.8) is 0 Å². The van der Waals surface area contributed by atoms with Crippen LogP contribution in [-0.2, 0) is 16.1 Å². The van der Waals surface area contributed by atoms with Crippen LogP contribution in [0, 0.1) is 5.82 Å². The van der Waals surface area contributed by atoms with Crippen molar-refractivity contribution in [1.29, 1.82) is 0 Å². The maximum atomic E-state index is 14.7. The number of amides is 2. The highest BCUT2D eigenvalue weighted by molar-refractivity contribution is 5.90. The zero-order valence-electron chi connectivity index (χ0n) is 14.5. The fourth-order valence-corrected chi connectivity index (χ4v) is 3.32. The molecule has 2 aliphatic heterocycles. The summed E-state index contributed by atoms with van der Waals surface area (Å²) in [6.45, 7) is 1.75. The molecule has 2 aromatic rings. The highest BCUT2D eigenvalue weighted by atomic mass is 19.1. The Bertz CT molecular complexity index is 883. The number of nitrogens with zero attached hydrogens (tertiary/aromatic N) is 5. The Morgan fingerprint density at radius 3 is 2.93 bits per heavy atom. The Kier molecular flexibility index (Phi) is 4.57. The third kappa shape index (κ3) is 3.53. The number of carbonyl (C=O) groups excluding carboxylic acids is 2. The molecule has 0 unspecified atom stereocenters. The first-order valence-electron chi connectivity index (χ1n) is 8.64. The molecule has 4 rings (SSSR count). The van der Waals surface area contributed by atoms with Crippen LogP contribution in [0.2, 0.25) is 0 Å². The van der Waals surface area contributed by atoms with Crippen molar-refractivity contribution in [3.8, 4) is 0 Å². The van der Waals surface area contributed by atoms with Gasteiger partial charge in [0.05, 0.1) is 25.0 Å². The van der Waals surface area contributed by atoms with E-state index < -0.39 is 11.9 Å². The van der Waals surface area contributed by atoms with Crippen LogP contribution in [0.25, 0.3) is 5.57 Å². The molecule has 27 heavy (non-hydrogen) atoms. The van der Waals surface area contributed by atoms with Crippen LogP contribution in [0.3, 0.4) is 0 Å². The second kappa shape index (κ2) is 7.18. The quantitative estimate of drug-likeness (QED) is 0.747. The van der Waals surface area contributed by atoms with E-state index >= 15 is 0 Å². The van der Waals surface area contributed by atoms with Gasteiger partial charge < -0.3 is 9.64 Å². The van der Waals surface area contributed by atoms with Crippen molar-refractivity contribution in [3.05, 3.63) is 48.0 Å². The maximum absolute atomic E-state index is 14.7. The first-order chi connectivity index (χ1) is 13.1. The average Bonchev–Trinajstić information content (AvgIpc) is 3.31. The third-order valence-corrected chi connectivity index (χ3v) is 4.74. The lowest BCUT2D eigenvalue weighted by Gasteiger charge is -2.23. The van der Waals surface area contributed by atoms with Crippen molar-refractivity contribution in [2.24, 2.45) is 0 Å². The molecule has 2 aliphatic rings. The Balaban J connectivity index is 1.48. The Morgan fingerprint density at radius 1 is 1.37 bits per heavy atom. The SMILES string of the molecule is O=CN1CC=C(c2ccc(N3C[C@H](Cn4ccnn4)OC3=O)cc2F)CC1. The molecule has 9 heteroatoms. The number of rotatable bonds is 5. The second-order valence-corrected chi connectivity index (χ2v) is 6.49. The molecule has 0 saturated carbocycles. The van der Waals surface area contributed by atoms with Gasteiger partial charge in [0.1, 0.15) is 11.9 Å². The number of anilines is 1. The van der Waals surface area contributed by atoms with E-state index in [1.807, 2.05) is 6.08 Å². The third-order valence-electron chi connectivity index (χ3n) is 4.74. The van der Waals surface area contributed by atoms with Crippen molar-refractivity contribution in [1.82, 2.24) is 19.9 Å². The van der Waals surface area contributed by atoms with Crippen LogP contribution in [0.1, 0.15) is 12.0 Å². The number of hydrogen-bond acceptors (Lipinski definition) is 5. The smallest absolute Gasteiger partial charge is 0.414 e. The minimum atomic E-state index is -0.509. The summed E-state index contributed by atoms with van der Waals surface area (Å²) in [5.74, 6) is -0.397. The van der Waals surface area contributed by atoms with Gasteiger partial charge in [-0.2, -0.15) is 0 Å². The van der Waals surface area contributed by atoms with Crippen molar-refractivity contribution >= 4 is 23.8 Å². The predicted molar refractivity (Wildman–Crippen MR) is 94.3 cm³/mol. The number of carbonyl (C=O) groups is 2. The van der Waals surface area contributed by atoms with E-state index in [0.29, 0.717) is 43.9 Å². The van der Waals surface area contributed by atoms with E-state index in [0.717, 1.165) is 12.0 Å². The van der Waals surface area contributed by atoms with Crippen LogP contribution in [0.15, 0.2) is 36.7 Å². The van der Waals surface area contributed by atoms with Crippen molar-refractivity contribution in [2.75, 3.05) is 24.5 Å². The lowest BCUT2D eigenvalue weighted by Crippen LogP contribution is -2.27. The highest BCUT2D eigenvalue weighted by Crippen LogP contribution is 2.29. The molecule has 140 valence electrons. The minimum Gasteiger partial charge on any atom is -0.442 e. The summed E-state index contributed by atoms with van der Waals surface area (Å²) in [4.78, 5) is 26.0. The predicted octanol–water partition coefficient (Wildman–Crippen LogP) is 1.69. The normalized spacial score (nSPS) is 19.8. The van der Waals surface area contributed by atoms with Gasteiger partial charge in [-0.15, -0.1) is 5.10 Å². The Morgan fingerprint density at radius 2 is 2.26 bits per heavy atom. The molecule has 0 bridgehead atoms. The molecule has 1 aromatic carbocycles. The van der Waals surface area contributed by atoms with Crippen LogP contribution in [0.5, 0.6) is 0 Å². The number of ether oxygens (including phenoxy) is 1. The summed E-state index contributed by atoms with van der Waals surface area (Å²) in [7, 11) is 0. The Hall–Kier alpha value is -3.23.